The van der Waals surface area contributed by atoms with Crippen LogP contribution in [0.25, 0.3) is 0 Å². The van der Waals surface area contributed by atoms with Crippen LogP contribution in [0.1, 0.15) is 32.6 Å². The summed E-state index contributed by atoms with van der Waals surface area (Å²) in [5.41, 5.74) is 1.86. The van der Waals surface area contributed by atoms with E-state index in [1.54, 1.807) is 0 Å². The third kappa shape index (κ3) is 3.11. The van der Waals surface area contributed by atoms with Gasteiger partial charge < -0.3 is 9.80 Å². The van der Waals surface area contributed by atoms with E-state index < -0.39 is 0 Å². The molecule has 1 fully saturated rings. The van der Waals surface area contributed by atoms with Crippen molar-refractivity contribution in [2.75, 3.05) is 18.5 Å². The van der Waals surface area contributed by atoms with Crippen LogP contribution in [0.3, 0.4) is 0 Å². The molecule has 24 heavy (non-hydrogen) atoms. The molecule has 1 heterocycles. The minimum atomic E-state index is 0.504. The topological polar surface area (TPSA) is 43.6 Å². The first-order valence-electron chi connectivity index (χ1n) is 8.63. The van der Waals surface area contributed by atoms with Crippen LogP contribution in [0, 0.1) is 0 Å². The number of amidine groups is 1. The average molecular weight is 323 g/mol. The Morgan fingerprint density at radius 2 is 2.00 bits per heavy atom. The lowest BCUT2D eigenvalue weighted by Gasteiger charge is -2.25. The lowest BCUT2D eigenvalue weighted by Crippen LogP contribution is -2.35. The van der Waals surface area contributed by atoms with Crippen LogP contribution in [0.15, 0.2) is 56.8 Å². The summed E-state index contributed by atoms with van der Waals surface area (Å²) in [7, 11) is 1.99. The summed E-state index contributed by atoms with van der Waals surface area (Å²) in [6, 6.07) is 10.6. The molecule has 0 bridgehead atoms. The number of para-hydroxylation sites is 1. The molecule has 3 rings (SSSR count). The first-order valence-corrected chi connectivity index (χ1v) is 8.63. The standard InChI is InChI=1S/C19H25N5/c1-4-21-19-17(22-14-24(19)16-12-8-9-13-16)18(20-2)23(3)15-10-6-5-7-11-15/h5-7,10-11,14,16H,2,4,8-9,12-13H2,1,3H3/b18-17-,21-19+. The molecule has 1 aromatic rings. The summed E-state index contributed by atoms with van der Waals surface area (Å²) < 4.78 is 0. The molecule has 0 amide bonds. The van der Waals surface area contributed by atoms with Gasteiger partial charge in [-0.2, -0.15) is 0 Å². The highest BCUT2D eigenvalue weighted by Crippen LogP contribution is 2.30. The number of nitrogens with zero attached hydrogens (tertiary/aromatic N) is 5. The van der Waals surface area contributed by atoms with Crippen molar-refractivity contribution < 1.29 is 0 Å². The first-order chi connectivity index (χ1) is 11.8. The Hall–Kier alpha value is -2.43. The van der Waals surface area contributed by atoms with Gasteiger partial charge >= 0.3 is 0 Å². The normalized spacial score (nSPS) is 21.6. The van der Waals surface area contributed by atoms with Crippen molar-refractivity contribution in [2.45, 2.75) is 38.6 Å². The van der Waals surface area contributed by atoms with Crippen LogP contribution in [-0.2, 0) is 0 Å². The van der Waals surface area contributed by atoms with E-state index in [0.717, 1.165) is 29.6 Å². The Morgan fingerprint density at radius 1 is 1.29 bits per heavy atom. The second-order valence-corrected chi connectivity index (χ2v) is 6.11. The molecule has 1 saturated carbocycles. The number of anilines is 1. The summed E-state index contributed by atoms with van der Waals surface area (Å²) in [5.74, 6) is 1.67. The molecule has 1 aromatic carbocycles. The molecule has 0 N–H and O–H groups in total. The summed E-state index contributed by atoms with van der Waals surface area (Å²) in [4.78, 5) is 17.9. The zero-order valence-electron chi connectivity index (χ0n) is 14.5. The Bertz CT molecular complexity index is 668. The van der Waals surface area contributed by atoms with E-state index >= 15 is 0 Å². The highest BCUT2D eigenvalue weighted by Gasteiger charge is 2.32. The van der Waals surface area contributed by atoms with Crippen LogP contribution in [0.4, 0.5) is 5.69 Å². The molecule has 0 aromatic heterocycles. The summed E-state index contributed by atoms with van der Waals surface area (Å²) in [6.45, 7) is 6.55. The Balaban J connectivity index is 1.97. The Morgan fingerprint density at radius 3 is 2.62 bits per heavy atom. The number of benzene rings is 1. The minimum Gasteiger partial charge on any atom is -0.328 e. The molecule has 1 aliphatic carbocycles. The predicted octanol–water partition coefficient (Wildman–Crippen LogP) is 3.70. The molecule has 0 atom stereocenters. The Kier molecular flexibility index (Phi) is 5.08. The van der Waals surface area contributed by atoms with Crippen molar-refractivity contribution in [1.82, 2.24) is 4.90 Å². The van der Waals surface area contributed by atoms with E-state index in [2.05, 4.69) is 40.7 Å². The first kappa shape index (κ1) is 16.4. The number of hydrogen-bond donors (Lipinski definition) is 0. The van der Waals surface area contributed by atoms with E-state index in [9.17, 15) is 0 Å². The molecule has 1 aliphatic heterocycles. The van der Waals surface area contributed by atoms with Gasteiger partial charge in [0.05, 0.1) is 6.34 Å². The monoisotopic (exact) mass is 323 g/mol. The van der Waals surface area contributed by atoms with Crippen molar-refractivity contribution >= 4 is 24.6 Å². The van der Waals surface area contributed by atoms with Crippen molar-refractivity contribution in [1.29, 1.82) is 0 Å². The van der Waals surface area contributed by atoms with Crippen LogP contribution < -0.4 is 4.90 Å². The molecule has 2 aliphatic rings. The Labute approximate surface area is 144 Å². The third-order valence-corrected chi connectivity index (χ3v) is 4.62. The summed E-state index contributed by atoms with van der Waals surface area (Å²) >= 11 is 0. The fraction of sp³-hybridized carbons (Fsp3) is 0.421. The second-order valence-electron chi connectivity index (χ2n) is 6.11. The van der Waals surface area contributed by atoms with Gasteiger partial charge in [0.1, 0.15) is 5.70 Å². The van der Waals surface area contributed by atoms with Gasteiger partial charge in [-0.15, -0.1) is 0 Å². The van der Waals surface area contributed by atoms with Crippen LogP contribution in [0.2, 0.25) is 0 Å². The highest BCUT2D eigenvalue weighted by molar-refractivity contribution is 6.10. The zero-order chi connectivity index (χ0) is 16.9. The van der Waals surface area contributed by atoms with E-state index in [1.807, 2.05) is 36.5 Å². The molecule has 0 radical (unpaired) electrons. The van der Waals surface area contributed by atoms with Gasteiger partial charge in [-0.1, -0.05) is 31.0 Å². The molecule has 5 heteroatoms. The van der Waals surface area contributed by atoms with Gasteiger partial charge in [-0.25, -0.2) is 9.98 Å². The quantitative estimate of drug-likeness (QED) is 0.776. The smallest absolute Gasteiger partial charge is 0.162 e. The van der Waals surface area contributed by atoms with Crippen LogP contribution >= 0.6 is 0 Å². The number of aliphatic imine (C=N–C) groups is 3. The van der Waals surface area contributed by atoms with Gasteiger partial charge in [0.15, 0.2) is 11.7 Å². The van der Waals surface area contributed by atoms with Gasteiger partial charge in [0, 0.05) is 25.3 Å². The van der Waals surface area contributed by atoms with Crippen molar-refractivity contribution in [3.63, 3.8) is 0 Å². The predicted molar refractivity (Wildman–Crippen MR) is 102 cm³/mol. The summed E-state index contributed by atoms with van der Waals surface area (Å²) in [6.07, 6.45) is 6.89. The van der Waals surface area contributed by atoms with Crippen molar-refractivity contribution in [3.05, 3.63) is 41.8 Å². The maximum Gasteiger partial charge on any atom is 0.162 e. The molecule has 0 spiro atoms. The van der Waals surface area contributed by atoms with Crippen LogP contribution in [0.5, 0.6) is 0 Å². The van der Waals surface area contributed by atoms with Crippen molar-refractivity contribution in [3.8, 4) is 0 Å². The van der Waals surface area contributed by atoms with Gasteiger partial charge in [0.2, 0.25) is 0 Å². The van der Waals surface area contributed by atoms with E-state index in [4.69, 9.17) is 4.99 Å². The third-order valence-electron chi connectivity index (χ3n) is 4.62. The molecular weight excluding hydrogens is 298 g/mol. The summed E-state index contributed by atoms with van der Waals surface area (Å²) in [5, 5.41) is 0. The lowest BCUT2D eigenvalue weighted by atomic mass is 10.2. The molecule has 126 valence electrons. The molecule has 5 nitrogen and oxygen atoms in total. The maximum atomic E-state index is 4.72. The number of rotatable bonds is 5. The van der Waals surface area contributed by atoms with Crippen molar-refractivity contribution in [2.24, 2.45) is 15.0 Å². The second kappa shape index (κ2) is 7.43. The van der Waals surface area contributed by atoms with E-state index in [0.29, 0.717) is 6.04 Å². The fourth-order valence-corrected chi connectivity index (χ4v) is 3.38. The van der Waals surface area contributed by atoms with E-state index in [1.165, 1.54) is 25.7 Å². The fourth-order valence-electron chi connectivity index (χ4n) is 3.38. The number of hydrogen-bond acceptors (Lipinski definition) is 4. The zero-order valence-corrected chi connectivity index (χ0v) is 14.5. The largest absolute Gasteiger partial charge is 0.328 e. The minimum absolute atomic E-state index is 0.504. The van der Waals surface area contributed by atoms with Gasteiger partial charge in [-0.3, -0.25) is 4.99 Å². The molecule has 0 saturated heterocycles. The van der Waals surface area contributed by atoms with Gasteiger partial charge in [-0.05, 0) is 38.6 Å². The SMILES string of the molecule is C=N/C(=C1/N=CN(C2CCCC2)/C1=N/CC)N(C)c1ccccc1. The molecular formula is C19H25N5. The average Bonchev–Trinajstić information content (AvgIpc) is 3.27. The lowest BCUT2D eigenvalue weighted by molar-refractivity contribution is 0.457. The maximum absolute atomic E-state index is 4.72. The van der Waals surface area contributed by atoms with Gasteiger partial charge in [0.25, 0.3) is 0 Å². The highest BCUT2D eigenvalue weighted by atomic mass is 15.3. The van der Waals surface area contributed by atoms with Crippen LogP contribution in [-0.4, -0.2) is 43.4 Å². The molecule has 0 unspecified atom stereocenters. The van der Waals surface area contributed by atoms with E-state index in [-0.39, 0.29) is 0 Å².